The maximum Gasteiger partial charge on any atom is 0.513 e. The summed E-state index contributed by atoms with van der Waals surface area (Å²) in [6.45, 7) is 6.94. The number of carbonyl (C=O) groups excluding carboxylic acids is 3. The number of para-hydroxylation sites is 1. The third-order valence-electron chi connectivity index (χ3n) is 6.90. The zero-order valence-corrected chi connectivity index (χ0v) is 24.0. The summed E-state index contributed by atoms with van der Waals surface area (Å²) in [4.78, 5) is 41.6. The van der Waals surface area contributed by atoms with Gasteiger partial charge in [-0.25, -0.2) is 9.59 Å². The van der Waals surface area contributed by atoms with E-state index < -0.39 is 12.3 Å². The molecule has 3 aromatic rings. The Morgan fingerprint density at radius 3 is 2.40 bits per heavy atom. The van der Waals surface area contributed by atoms with Crippen LogP contribution in [-0.2, 0) is 14.3 Å². The van der Waals surface area contributed by atoms with E-state index in [1.807, 2.05) is 0 Å². The number of allylic oxidation sites excluding steroid dienone is 2. The van der Waals surface area contributed by atoms with Gasteiger partial charge in [-0.05, 0) is 75.0 Å². The van der Waals surface area contributed by atoms with Gasteiger partial charge in [0.05, 0.1) is 13.2 Å². The number of aromatic nitrogens is 1. The van der Waals surface area contributed by atoms with Crippen molar-refractivity contribution in [3.63, 3.8) is 0 Å². The van der Waals surface area contributed by atoms with Crippen LogP contribution in [0.25, 0.3) is 17.0 Å². The fourth-order valence-corrected chi connectivity index (χ4v) is 4.87. The minimum absolute atomic E-state index is 0.00383. The predicted octanol–water partition coefficient (Wildman–Crippen LogP) is 5.80. The molecule has 1 amide bonds. The molecule has 0 radical (unpaired) electrons. The number of amides is 1. The van der Waals surface area contributed by atoms with E-state index in [2.05, 4.69) is 45.7 Å². The lowest BCUT2D eigenvalue weighted by molar-refractivity contribution is -0.116. The Kier molecular flexibility index (Phi) is 11.2. The number of hydrogen-bond donors (Lipinski definition) is 2. The first-order valence-corrected chi connectivity index (χ1v) is 14.2. The third kappa shape index (κ3) is 8.71. The van der Waals surface area contributed by atoms with Gasteiger partial charge in [0.25, 0.3) is 0 Å². The van der Waals surface area contributed by atoms with E-state index in [1.165, 1.54) is 34.7 Å². The number of hydrogen-bond acceptors (Lipinski definition) is 8. The number of piperidine rings is 1. The number of carbonyl (C=O) groups is 3. The highest BCUT2D eigenvalue weighted by molar-refractivity contribution is 5.88. The van der Waals surface area contributed by atoms with Gasteiger partial charge in [-0.2, -0.15) is 0 Å². The van der Waals surface area contributed by atoms with E-state index in [0.29, 0.717) is 18.0 Å². The topological polar surface area (TPSA) is 119 Å². The molecule has 42 heavy (non-hydrogen) atoms. The molecule has 222 valence electrons. The number of benzene rings is 2. The summed E-state index contributed by atoms with van der Waals surface area (Å²) in [5.74, 6) is 0.375. The minimum atomic E-state index is -0.928. The Balaban J connectivity index is 1.21. The Labute approximate surface area is 245 Å². The standard InChI is InChI=1S/C32H37N3O7/c1-3-39-31(37)41-28-14-13-23(21-29(28)42-32(38)40-4-2)9-5-8-12-30(36)33-17-20-35-18-15-24(16-19-35)26-22-34-27-11-7-6-10-25(26)27/h5-14,21-22,24,34H,3-4,15-20H2,1-2H3,(H,33,36)/b9-5+,12-8+. The van der Waals surface area contributed by atoms with E-state index >= 15 is 0 Å². The Bertz CT molecular complexity index is 1420. The molecule has 0 bridgehead atoms. The smallest absolute Gasteiger partial charge is 0.434 e. The van der Waals surface area contributed by atoms with Crippen molar-refractivity contribution >= 4 is 35.2 Å². The lowest BCUT2D eigenvalue weighted by Crippen LogP contribution is -2.38. The number of nitrogens with one attached hydrogen (secondary N) is 2. The minimum Gasteiger partial charge on any atom is -0.434 e. The highest BCUT2D eigenvalue weighted by atomic mass is 16.7. The molecule has 2 aromatic carbocycles. The quantitative estimate of drug-likeness (QED) is 0.127. The number of rotatable bonds is 11. The molecular weight excluding hydrogens is 538 g/mol. The molecule has 1 saturated heterocycles. The van der Waals surface area contributed by atoms with Gasteiger partial charge in [0.15, 0.2) is 11.5 Å². The molecule has 2 heterocycles. The van der Waals surface area contributed by atoms with Crippen molar-refractivity contribution in [2.24, 2.45) is 0 Å². The van der Waals surface area contributed by atoms with Crippen LogP contribution in [0.1, 0.15) is 43.7 Å². The van der Waals surface area contributed by atoms with E-state index in [-0.39, 0.29) is 30.6 Å². The summed E-state index contributed by atoms with van der Waals surface area (Å²) in [6.07, 6.45) is 8.98. The molecule has 0 saturated carbocycles. The Hall–Kier alpha value is -4.57. The van der Waals surface area contributed by atoms with E-state index in [4.69, 9.17) is 18.9 Å². The monoisotopic (exact) mass is 575 g/mol. The zero-order valence-electron chi connectivity index (χ0n) is 24.0. The van der Waals surface area contributed by atoms with Crippen LogP contribution < -0.4 is 14.8 Å². The predicted molar refractivity (Wildman–Crippen MR) is 160 cm³/mol. The average Bonchev–Trinajstić information content (AvgIpc) is 3.41. The molecule has 10 heteroatoms. The summed E-state index contributed by atoms with van der Waals surface area (Å²) in [5.41, 5.74) is 3.24. The van der Waals surface area contributed by atoms with Crippen molar-refractivity contribution < 1.29 is 33.3 Å². The molecule has 0 atom stereocenters. The summed E-state index contributed by atoms with van der Waals surface area (Å²) in [6, 6.07) is 13.1. The molecule has 10 nitrogen and oxygen atoms in total. The van der Waals surface area contributed by atoms with Gasteiger partial charge >= 0.3 is 12.3 Å². The van der Waals surface area contributed by atoms with E-state index in [9.17, 15) is 14.4 Å². The fourth-order valence-electron chi connectivity index (χ4n) is 4.87. The maximum atomic E-state index is 12.3. The maximum absolute atomic E-state index is 12.3. The number of aromatic amines is 1. The van der Waals surface area contributed by atoms with Gasteiger partial charge < -0.3 is 34.1 Å². The third-order valence-corrected chi connectivity index (χ3v) is 6.90. The largest absolute Gasteiger partial charge is 0.513 e. The summed E-state index contributed by atoms with van der Waals surface area (Å²) < 4.78 is 19.9. The molecule has 0 spiro atoms. The number of likely N-dealkylation sites (tertiary alicyclic amines) is 1. The Morgan fingerprint density at radius 1 is 0.952 bits per heavy atom. The number of H-pyrrole nitrogens is 1. The molecule has 1 aliphatic heterocycles. The first-order chi connectivity index (χ1) is 20.5. The fraction of sp³-hybridized carbons (Fsp3) is 0.344. The van der Waals surface area contributed by atoms with Gasteiger partial charge in [-0.1, -0.05) is 42.5 Å². The van der Waals surface area contributed by atoms with Crippen LogP contribution >= 0.6 is 0 Å². The van der Waals surface area contributed by atoms with Crippen LogP contribution in [-0.4, -0.2) is 67.5 Å². The van der Waals surface area contributed by atoms with Crippen LogP contribution in [0, 0.1) is 0 Å². The molecule has 4 rings (SSSR count). The SMILES string of the molecule is CCOC(=O)Oc1ccc(/C=C/C=C/C(=O)NCCN2CCC(c3c[nH]c4ccccc34)CC2)cc1OC(=O)OCC. The summed E-state index contributed by atoms with van der Waals surface area (Å²) in [7, 11) is 0. The van der Waals surface area contributed by atoms with Crippen LogP contribution in [0.15, 0.2) is 66.9 Å². The summed E-state index contributed by atoms with van der Waals surface area (Å²) >= 11 is 0. The normalized spacial score (nSPS) is 14.3. The van der Waals surface area contributed by atoms with Gasteiger partial charge in [-0.15, -0.1) is 0 Å². The van der Waals surface area contributed by atoms with Crippen molar-refractivity contribution in [3.8, 4) is 11.5 Å². The summed E-state index contributed by atoms with van der Waals surface area (Å²) in [5, 5.41) is 4.25. The molecular formula is C32H37N3O7. The first-order valence-electron chi connectivity index (χ1n) is 14.2. The molecule has 1 aliphatic rings. The van der Waals surface area contributed by atoms with Crippen LogP contribution in [0.5, 0.6) is 11.5 Å². The van der Waals surface area contributed by atoms with Crippen molar-refractivity contribution in [1.29, 1.82) is 0 Å². The van der Waals surface area contributed by atoms with Gasteiger partial charge in [0.2, 0.25) is 5.91 Å². The van der Waals surface area contributed by atoms with Crippen LogP contribution in [0.2, 0.25) is 0 Å². The lowest BCUT2D eigenvalue weighted by Gasteiger charge is -2.31. The van der Waals surface area contributed by atoms with Gasteiger partial charge in [0, 0.05) is 36.3 Å². The van der Waals surface area contributed by atoms with Gasteiger partial charge in [0.1, 0.15) is 0 Å². The van der Waals surface area contributed by atoms with Gasteiger partial charge in [-0.3, -0.25) is 4.79 Å². The van der Waals surface area contributed by atoms with Crippen molar-refractivity contribution in [3.05, 3.63) is 78.0 Å². The second-order valence-corrected chi connectivity index (χ2v) is 9.69. The van der Waals surface area contributed by atoms with Crippen molar-refractivity contribution in [2.45, 2.75) is 32.6 Å². The molecule has 0 aliphatic carbocycles. The highest BCUT2D eigenvalue weighted by Crippen LogP contribution is 2.33. The molecule has 1 fully saturated rings. The number of ether oxygens (including phenoxy) is 4. The first kappa shape index (κ1) is 30.4. The second kappa shape index (κ2) is 15.4. The number of nitrogens with zero attached hydrogens (tertiary/aromatic N) is 1. The lowest BCUT2D eigenvalue weighted by atomic mass is 9.89. The van der Waals surface area contributed by atoms with E-state index in [0.717, 1.165) is 32.5 Å². The van der Waals surface area contributed by atoms with Crippen LogP contribution in [0.4, 0.5) is 9.59 Å². The highest BCUT2D eigenvalue weighted by Gasteiger charge is 2.22. The average molecular weight is 576 g/mol. The molecule has 0 unspecified atom stereocenters. The number of fused-ring (bicyclic) bond motifs is 1. The van der Waals surface area contributed by atoms with Crippen LogP contribution in [0.3, 0.4) is 0 Å². The van der Waals surface area contributed by atoms with Crippen molar-refractivity contribution in [1.82, 2.24) is 15.2 Å². The zero-order chi connectivity index (χ0) is 29.7. The van der Waals surface area contributed by atoms with E-state index in [1.54, 1.807) is 38.1 Å². The molecule has 1 aromatic heterocycles. The van der Waals surface area contributed by atoms with Crippen molar-refractivity contribution in [2.75, 3.05) is 39.4 Å². The Morgan fingerprint density at radius 2 is 1.67 bits per heavy atom. The molecule has 2 N–H and O–H groups in total. The second-order valence-electron chi connectivity index (χ2n) is 9.69.